The highest BCUT2D eigenvalue weighted by molar-refractivity contribution is 5.91. The van der Waals surface area contributed by atoms with E-state index in [9.17, 15) is 4.79 Å². The lowest BCUT2D eigenvalue weighted by atomic mass is 10.2. The Labute approximate surface area is 156 Å². The summed E-state index contributed by atoms with van der Waals surface area (Å²) in [6.07, 6.45) is 3.10. The summed E-state index contributed by atoms with van der Waals surface area (Å²) in [5.41, 5.74) is 3.16. The van der Waals surface area contributed by atoms with Crippen LogP contribution in [0, 0.1) is 0 Å². The Morgan fingerprint density at radius 1 is 1.11 bits per heavy atom. The Hall–Kier alpha value is -3.48. The summed E-state index contributed by atoms with van der Waals surface area (Å²) in [5, 5.41) is 8.48. The average Bonchev–Trinajstić information content (AvgIpc) is 3.35. The fourth-order valence-electron chi connectivity index (χ4n) is 2.95. The van der Waals surface area contributed by atoms with Crippen LogP contribution in [0.25, 0.3) is 16.7 Å². The molecule has 2 aromatic heterocycles. The summed E-state index contributed by atoms with van der Waals surface area (Å²) < 4.78 is 0. The van der Waals surface area contributed by atoms with Crippen LogP contribution in [-0.4, -0.2) is 49.4 Å². The zero-order valence-corrected chi connectivity index (χ0v) is 15.0. The molecule has 0 saturated carbocycles. The van der Waals surface area contributed by atoms with Gasteiger partial charge in [0.15, 0.2) is 5.69 Å². The first-order chi connectivity index (χ1) is 13.2. The van der Waals surface area contributed by atoms with E-state index in [2.05, 4.69) is 20.2 Å². The largest absolute Gasteiger partial charge is 0.342 e. The molecule has 0 radical (unpaired) electrons. The summed E-state index contributed by atoms with van der Waals surface area (Å²) in [6.45, 7) is 0.619. The molecule has 27 heavy (non-hydrogen) atoms. The summed E-state index contributed by atoms with van der Waals surface area (Å²) in [6, 6.07) is 17.5. The van der Waals surface area contributed by atoms with E-state index < -0.39 is 0 Å². The minimum atomic E-state index is -0.137. The van der Waals surface area contributed by atoms with Crippen molar-refractivity contribution in [3.8, 4) is 5.69 Å². The minimum absolute atomic E-state index is 0.137. The zero-order valence-electron chi connectivity index (χ0n) is 15.0. The normalized spacial score (nSPS) is 11.0. The molecule has 0 aliphatic rings. The lowest BCUT2D eigenvalue weighted by Crippen LogP contribution is -2.28. The van der Waals surface area contributed by atoms with E-state index in [1.54, 1.807) is 11.9 Å². The number of carbonyl (C=O) groups is 1. The number of hydrogen-bond donors (Lipinski definition) is 1. The number of para-hydroxylation sites is 3. The molecule has 2 heterocycles. The third-order valence-electron chi connectivity index (χ3n) is 4.39. The number of H-pyrrole nitrogens is 1. The van der Waals surface area contributed by atoms with Crippen molar-refractivity contribution in [3.63, 3.8) is 0 Å². The van der Waals surface area contributed by atoms with Crippen molar-refractivity contribution < 1.29 is 4.79 Å². The van der Waals surface area contributed by atoms with Crippen molar-refractivity contribution >= 4 is 16.9 Å². The van der Waals surface area contributed by atoms with E-state index in [-0.39, 0.29) is 5.91 Å². The fraction of sp³-hybridized carbons (Fsp3) is 0.200. The Morgan fingerprint density at radius 2 is 1.89 bits per heavy atom. The first kappa shape index (κ1) is 17.0. The number of amides is 1. The van der Waals surface area contributed by atoms with Gasteiger partial charge in [0.1, 0.15) is 5.82 Å². The van der Waals surface area contributed by atoms with E-state index in [1.807, 2.05) is 54.6 Å². The van der Waals surface area contributed by atoms with Crippen LogP contribution in [0.2, 0.25) is 0 Å². The van der Waals surface area contributed by atoms with Crippen LogP contribution in [0.3, 0.4) is 0 Å². The molecule has 2 aromatic carbocycles. The van der Waals surface area contributed by atoms with Crippen LogP contribution < -0.4 is 0 Å². The van der Waals surface area contributed by atoms with E-state index in [1.165, 1.54) is 11.0 Å². The van der Waals surface area contributed by atoms with Crippen LogP contribution in [-0.2, 0) is 6.42 Å². The molecule has 4 rings (SSSR count). The summed E-state index contributed by atoms with van der Waals surface area (Å²) in [4.78, 5) is 23.6. The number of carbonyl (C=O) groups excluding carboxylic acids is 1. The van der Waals surface area contributed by atoms with Crippen molar-refractivity contribution in [2.75, 3.05) is 13.6 Å². The predicted molar refractivity (Wildman–Crippen MR) is 103 cm³/mol. The maximum absolute atomic E-state index is 12.6. The second-order valence-electron chi connectivity index (χ2n) is 6.39. The van der Waals surface area contributed by atoms with Crippen LogP contribution in [0.1, 0.15) is 22.7 Å². The van der Waals surface area contributed by atoms with Crippen molar-refractivity contribution in [3.05, 3.63) is 72.3 Å². The quantitative estimate of drug-likeness (QED) is 0.573. The van der Waals surface area contributed by atoms with Gasteiger partial charge in [-0.2, -0.15) is 9.90 Å². The van der Waals surface area contributed by atoms with Gasteiger partial charge in [-0.05, 0) is 30.7 Å². The monoisotopic (exact) mass is 360 g/mol. The smallest absolute Gasteiger partial charge is 0.275 e. The Bertz CT molecular complexity index is 1020. The molecular weight excluding hydrogens is 340 g/mol. The van der Waals surface area contributed by atoms with Gasteiger partial charge in [-0.15, -0.1) is 5.10 Å². The molecule has 0 saturated heterocycles. The zero-order chi connectivity index (χ0) is 18.6. The molecule has 0 bridgehead atoms. The second kappa shape index (κ2) is 7.41. The molecule has 0 aliphatic carbocycles. The van der Waals surface area contributed by atoms with Crippen LogP contribution >= 0.6 is 0 Å². The van der Waals surface area contributed by atoms with Gasteiger partial charge in [0.2, 0.25) is 0 Å². The van der Waals surface area contributed by atoms with Gasteiger partial charge in [0, 0.05) is 20.0 Å². The standard InChI is InChI=1S/C20H20N6O/c1-25(13-7-12-19-22-16-10-5-6-11-17(16)23-19)20(27)18-14-21-26(24-18)15-8-3-2-4-9-15/h2-6,8-11,14H,7,12-13H2,1H3,(H,22,23). The van der Waals surface area contributed by atoms with Crippen LogP contribution in [0.5, 0.6) is 0 Å². The molecule has 1 N–H and O–H groups in total. The highest BCUT2D eigenvalue weighted by atomic mass is 16.2. The lowest BCUT2D eigenvalue weighted by Gasteiger charge is -2.14. The SMILES string of the molecule is CN(CCCc1nc2ccccc2[nH]1)C(=O)c1cnn(-c2ccccc2)n1. The fourth-order valence-corrected chi connectivity index (χ4v) is 2.95. The molecule has 4 aromatic rings. The molecule has 0 atom stereocenters. The predicted octanol–water partition coefficient (Wildman–Crippen LogP) is 2.85. The van der Waals surface area contributed by atoms with Gasteiger partial charge < -0.3 is 9.88 Å². The number of aromatic amines is 1. The Morgan fingerprint density at radius 3 is 2.70 bits per heavy atom. The number of aryl methyl sites for hydroxylation is 1. The summed E-state index contributed by atoms with van der Waals surface area (Å²) >= 11 is 0. The molecule has 0 unspecified atom stereocenters. The van der Waals surface area contributed by atoms with E-state index in [4.69, 9.17) is 0 Å². The molecule has 0 fully saturated rings. The van der Waals surface area contributed by atoms with Crippen molar-refractivity contribution in [1.82, 2.24) is 29.9 Å². The lowest BCUT2D eigenvalue weighted by molar-refractivity contribution is 0.0787. The second-order valence-corrected chi connectivity index (χ2v) is 6.39. The van der Waals surface area contributed by atoms with Gasteiger partial charge in [-0.1, -0.05) is 30.3 Å². The summed E-state index contributed by atoms with van der Waals surface area (Å²) in [5.74, 6) is 0.800. The molecule has 1 amide bonds. The Kier molecular flexibility index (Phi) is 4.65. The number of hydrogen-bond acceptors (Lipinski definition) is 4. The van der Waals surface area contributed by atoms with Crippen molar-refractivity contribution in [2.24, 2.45) is 0 Å². The highest BCUT2D eigenvalue weighted by Crippen LogP contribution is 2.12. The molecule has 0 spiro atoms. The number of nitrogens with zero attached hydrogens (tertiary/aromatic N) is 5. The first-order valence-electron chi connectivity index (χ1n) is 8.87. The van der Waals surface area contributed by atoms with Gasteiger partial charge >= 0.3 is 0 Å². The molecule has 7 heteroatoms. The van der Waals surface area contributed by atoms with Crippen LogP contribution in [0.15, 0.2) is 60.8 Å². The summed E-state index contributed by atoms with van der Waals surface area (Å²) in [7, 11) is 1.78. The molecule has 7 nitrogen and oxygen atoms in total. The number of nitrogens with one attached hydrogen (secondary N) is 1. The van der Waals surface area contributed by atoms with Gasteiger partial charge in [-0.3, -0.25) is 4.79 Å². The number of imidazole rings is 1. The number of fused-ring (bicyclic) bond motifs is 1. The maximum Gasteiger partial charge on any atom is 0.275 e. The maximum atomic E-state index is 12.6. The third kappa shape index (κ3) is 3.72. The topological polar surface area (TPSA) is 79.7 Å². The first-order valence-corrected chi connectivity index (χ1v) is 8.87. The van der Waals surface area contributed by atoms with Gasteiger partial charge in [0.25, 0.3) is 5.91 Å². The molecule has 136 valence electrons. The molecule has 0 aliphatic heterocycles. The Balaban J connectivity index is 1.34. The highest BCUT2D eigenvalue weighted by Gasteiger charge is 2.16. The van der Waals surface area contributed by atoms with Crippen LogP contribution in [0.4, 0.5) is 0 Å². The number of aromatic nitrogens is 5. The minimum Gasteiger partial charge on any atom is -0.342 e. The van der Waals surface area contributed by atoms with Gasteiger partial charge in [-0.25, -0.2) is 4.98 Å². The van der Waals surface area contributed by atoms with E-state index in [0.29, 0.717) is 12.2 Å². The third-order valence-corrected chi connectivity index (χ3v) is 4.39. The van der Waals surface area contributed by atoms with E-state index in [0.717, 1.165) is 35.4 Å². The van der Waals surface area contributed by atoms with E-state index >= 15 is 0 Å². The average molecular weight is 360 g/mol. The number of benzene rings is 2. The molecular formula is C20H20N6O. The van der Waals surface area contributed by atoms with Crippen molar-refractivity contribution in [2.45, 2.75) is 12.8 Å². The number of rotatable bonds is 6. The van der Waals surface area contributed by atoms with Gasteiger partial charge in [0.05, 0.1) is 22.9 Å². The van der Waals surface area contributed by atoms with Crippen molar-refractivity contribution in [1.29, 1.82) is 0 Å².